The number of sulfonamides is 1. The second-order valence-corrected chi connectivity index (χ2v) is 9.07. The molecule has 1 atom stereocenters. The van der Waals surface area contributed by atoms with Crippen molar-refractivity contribution in [2.45, 2.75) is 23.1 Å². The number of carbonyl (C=O) groups is 1. The Bertz CT molecular complexity index is 847. The summed E-state index contributed by atoms with van der Waals surface area (Å²) >= 11 is 6.83. The van der Waals surface area contributed by atoms with E-state index in [0.717, 1.165) is 22.5 Å². The van der Waals surface area contributed by atoms with Crippen LogP contribution in [0.25, 0.3) is 0 Å². The highest BCUT2D eigenvalue weighted by Gasteiger charge is 2.38. The summed E-state index contributed by atoms with van der Waals surface area (Å²) in [6.07, 6.45) is 0.292. The smallest absolute Gasteiger partial charge is 0.305 e. The molecule has 2 aromatic rings. The first kappa shape index (κ1) is 16.4. The molecule has 5 nitrogen and oxygen atoms in total. The Balaban J connectivity index is 2.06. The predicted molar refractivity (Wildman–Crippen MR) is 88.4 cm³/mol. The fraction of sp³-hybridized carbons (Fsp3) is 0.267. The number of thiophene rings is 1. The number of hydrogen-bond acceptors (Lipinski definition) is 4. The summed E-state index contributed by atoms with van der Waals surface area (Å²) in [5.74, 6) is -1.03. The molecule has 0 saturated carbocycles. The minimum Gasteiger partial charge on any atom is -0.481 e. The van der Waals surface area contributed by atoms with Gasteiger partial charge in [0, 0.05) is 6.54 Å². The molecule has 0 amide bonds. The van der Waals surface area contributed by atoms with Gasteiger partial charge in [0.05, 0.1) is 16.8 Å². The highest BCUT2D eigenvalue weighted by Crippen LogP contribution is 2.38. The van der Waals surface area contributed by atoms with Crippen LogP contribution in [0.3, 0.4) is 0 Å². The molecular formula is C15H14ClNO4S2. The van der Waals surface area contributed by atoms with E-state index in [0.29, 0.717) is 10.8 Å². The van der Waals surface area contributed by atoms with E-state index in [1.165, 1.54) is 16.4 Å². The van der Waals surface area contributed by atoms with Gasteiger partial charge in [-0.25, -0.2) is 8.42 Å². The first-order valence-electron chi connectivity index (χ1n) is 6.96. The van der Waals surface area contributed by atoms with Crippen LogP contribution in [0, 0.1) is 0 Å². The van der Waals surface area contributed by atoms with Crippen LogP contribution in [0.5, 0.6) is 0 Å². The van der Waals surface area contributed by atoms with E-state index in [9.17, 15) is 18.3 Å². The molecule has 0 saturated heterocycles. The average molecular weight is 372 g/mol. The summed E-state index contributed by atoms with van der Waals surface area (Å²) in [6.45, 7) is 0.257. The van der Waals surface area contributed by atoms with Crippen LogP contribution in [0.2, 0.25) is 4.34 Å². The second-order valence-electron chi connectivity index (χ2n) is 5.24. The van der Waals surface area contributed by atoms with Gasteiger partial charge in [-0.3, -0.25) is 4.79 Å². The van der Waals surface area contributed by atoms with Gasteiger partial charge in [-0.1, -0.05) is 35.9 Å². The van der Waals surface area contributed by atoms with Gasteiger partial charge in [0.1, 0.15) is 4.21 Å². The maximum absolute atomic E-state index is 12.9. The third-order valence-corrected chi connectivity index (χ3v) is 7.45. The molecular weight excluding hydrogens is 358 g/mol. The Kier molecular flexibility index (Phi) is 4.46. The van der Waals surface area contributed by atoms with Crippen molar-refractivity contribution in [1.82, 2.24) is 4.31 Å². The van der Waals surface area contributed by atoms with Crippen LogP contribution < -0.4 is 0 Å². The fourth-order valence-electron chi connectivity index (χ4n) is 2.85. The molecule has 1 N–H and O–H groups in total. The predicted octanol–water partition coefficient (Wildman–Crippen LogP) is 3.16. The van der Waals surface area contributed by atoms with Crippen molar-refractivity contribution in [3.63, 3.8) is 0 Å². The number of benzene rings is 1. The summed E-state index contributed by atoms with van der Waals surface area (Å²) in [5.41, 5.74) is 1.75. The zero-order valence-corrected chi connectivity index (χ0v) is 14.4. The molecule has 0 spiro atoms. The molecule has 3 rings (SSSR count). The van der Waals surface area contributed by atoms with Gasteiger partial charge in [-0.2, -0.15) is 4.31 Å². The van der Waals surface area contributed by atoms with E-state index < -0.39 is 22.0 Å². The Hall–Kier alpha value is -1.41. The average Bonchev–Trinajstić information content (AvgIpc) is 2.94. The van der Waals surface area contributed by atoms with Crippen molar-refractivity contribution < 1.29 is 18.3 Å². The lowest BCUT2D eigenvalue weighted by molar-refractivity contribution is -0.138. The number of fused-ring (bicyclic) bond motifs is 1. The molecule has 8 heteroatoms. The molecule has 1 aromatic carbocycles. The summed E-state index contributed by atoms with van der Waals surface area (Å²) in [4.78, 5) is 11.3. The lowest BCUT2D eigenvalue weighted by Crippen LogP contribution is -2.40. The van der Waals surface area contributed by atoms with E-state index in [2.05, 4.69) is 0 Å². The Morgan fingerprint density at radius 1 is 1.30 bits per heavy atom. The van der Waals surface area contributed by atoms with Crippen molar-refractivity contribution in [1.29, 1.82) is 0 Å². The first-order valence-corrected chi connectivity index (χ1v) is 9.60. The lowest BCUT2D eigenvalue weighted by Gasteiger charge is -2.35. The maximum Gasteiger partial charge on any atom is 0.305 e. The van der Waals surface area contributed by atoms with E-state index in [1.807, 2.05) is 12.1 Å². The zero-order chi connectivity index (χ0) is 16.6. The van der Waals surface area contributed by atoms with Crippen molar-refractivity contribution in [2.75, 3.05) is 6.54 Å². The van der Waals surface area contributed by atoms with Crippen LogP contribution in [0.4, 0.5) is 0 Å². The van der Waals surface area contributed by atoms with E-state index in [1.54, 1.807) is 12.1 Å². The number of hydrogen-bond donors (Lipinski definition) is 1. The number of nitrogens with zero attached hydrogens (tertiary/aromatic N) is 1. The number of rotatable bonds is 4. The molecule has 1 unspecified atom stereocenters. The largest absolute Gasteiger partial charge is 0.481 e. The Morgan fingerprint density at radius 3 is 2.70 bits per heavy atom. The molecule has 2 heterocycles. The van der Waals surface area contributed by atoms with Gasteiger partial charge in [0.15, 0.2) is 0 Å². The van der Waals surface area contributed by atoms with Crippen molar-refractivity contribution in [3.05, 3.63) is 51.9 Å². The first-order chi connectivity index (χ1) is 10.9. The van der Waals surface area contributed by atoms with Crippen molar-refractivity contribution in [3.8, 4) is 0 Å². The molecule has 1 aliphatic heterocycles. The minimum absolute atomic E-state index is 0.136. The summed E-state index contributed by atoms with van der Waals surface area (Å²) in [7, 11) is -3.77. The standard InChI is InChI=1S/C15H14ClNO4S2/c16-13-5-6-15(22-13)23(20,21)17-8-7-10-3-1-2-4-11(10)12(17)9-14(18)19/h1-6,12H,7-9H2,(H,18,19). The second kappa shape index (κ2) is 6.24. The van der Waals surface area contributed by atoms with Crippen LogP contribution in [-0.4, -0.2) is 30.3 Å². The van der Waals surface area contributed by atoms with Crippen LogP contribution in [-0.2, 0) is 21.2 Å². The summed E-state index contributed by atoms with van der Waals surface area (Å²) < 4.78 is 27.6. The third-order valence-electron chi connectivity index (χ3n) is 3.84. The molecule has 122 valence electrons. The molecule has 0 bridgehead atoms. The fourth-order valence-corrected chi connectivity index (χ4v) is 6.06. The molecule has 1 aliphatic rings. The van der Waals surface area contributed by atoms with E-state index in [4.69, 9.17) is 11.6 Å². The van der Waals surface area contributed by atoms with Gasteiger partial charge in [0.2, 0.25) is 0 Å². The van der Waals surface area contributed by atoms with Crippen molar-refractivity contribution in [2.24, 2.45) is 0 Å². The van der Waals surface area contributed by atoms with E-state index in [-0.39, 0.29) is 17.2 Å². The summed E-state index contributed by atoms with van der Waals surface area (Å²) in [6, 6.07) is 9.67. The van der Waals surface area contributed by atoms with Crippen LogP contribution in [0.1, 0.15) is 23.6 Å². The summed E-state index contributed by atoms with van der Waals surface area (Å²) in [5, 5.41) is 9.21. The number of carboxylic acid groups (broad SMARTS) is 1. The monoisotopic (exact) mass is 371 g/mol. The topological polar surface area (TPSA) is 74.7 Å². The molecule has 23 heavy (non-hydrogen) atoms. The Labute approximate surface area is 143 Å². The Morgan fingerprint density at radius 2 is 2.04 bits per heavy atom. The number of carboxylic acids is 1. The van der Waals surface area contributed by atoms with Crippen molar-refractivity contribution >= 4 is 38.9 Å². The van der Waals surface area contributed by atoms with Gasteiger partial charge in [-0.05, 0) is 29.7 Å². The maximum atomic E-state index is 12.9. The molecule has 1 aromatic heterocycles. The number of halogens is 1. The van der Waals surface area contributed by atoms with Gasteiger partial charge in [0.25, 0.3) is 10.0 Å². The normalized spacial score (nSPS) is 18.6. The molecule has 0 fully saturated rings. The quantitative estimate of drug-likeness (QED) is 0.895. The molecule has 0 radical (unpaired) electrons. The zero-order valence-electron chi connectivity index (χ0n) is 12.0. The number of aliphatic carboxylic acids is 1. The van der Waals surface area contributed by atoms with Gasteiger partial charge >= 0.3 is 5.97 Å². The molecule has 0 aliphatic carbocycles. The van der Waals surface area contributed by atoms with Gasteiger partial charge in [-0.15, -0.1) is 11.3 Å². The van der Waals surface area contributed by atoms with Crippen LogP contribution >= 0.6 is 22.9 Å². The van der Waals surface area contributed by atoms with Crippen LogP contribution in [0.15, 0.2) is 40.6 Å². The third kappa shape index (κ3) is 3.14. The SMILES string of the molecule is O=C(O)CC1c2ccccc2CCN1S(=O)(=O)c1ccc(Cl)s1. The minimum atomic E-state index is -3.77. The van der Waals surface area contributed by atoms with Gasteiger partial charge < -0.3 is 5.11 Å². The highest BCUT2D eigenvalue weighted by molar-refractivity contribution is 7.91. The van der Waals surface area contributed by atoms with E-state index >= 15 is 0 Å². The lowest BCUT2D eigenvalue weighted by atomic mass is 9.92. The highest BCUT2D eigenvalue weighted by atomic mass is 35.5.